The minimum absolute atomic E-state index is 0.166. The highest BCUT2D eigenvalue weighted by atomic mass is 16.6. The van der Waals surface area contributed by atoms with E-state index >= 15 is 0 Å². The van der Waals surface area contributed by atoms with Gasteiger partial charge in [-0.15, -0.1) is 0 Å². The molecule has 0 saturated carbocycles. The van der Waals surface area contributed by atoms with Crippen molar-refractivity contribution in [1.82, 2.24) is 4.98 Å². The molecule has 0 N–H and O–H groups in total. The molecule has 0 spiro atoms. The maximum atomic E-state index is 11.1. The lowest BCUT2D eigenvalue weighted by molar-refractivity contribution is -0.389. The third-order valence-corrected chi connectivity index (χ3v) is 3.34. The van der Waals surface area contributed by atoms with Crippen molar-refractivity contribution < 1.29 is 4.92 Å². The summed E-state index contributed by atoms with van der Waals surface area (Å²) in [5.74, 6) is -0.166. The molecule has 21 heavy (non-hydrogen) atoms. The average Bonchev–Trinajstić information content (AvgIpc) is 2.54. The molecule has 4 nitrogen and oxygen atoms in total. The first-order valence-electron chi connectivity index (χ1n) is 6.45. The molecule has 4 heteroatoms. The summed E-state index contributed by atoms with van der Waals surface area (Å²) in [5.41, 5.74) is 3.01. The molecular weight excluding hydrogens is 264 g/mol. The molecule has 0 bridgehead atoms. The molecule has 0 fully saturated rings. The Bertz CT molecular complexity index is 842. The van der Waals surface area contributed by atoms with Crippen molar-refractivity contribution in [3.63, 3.8) is 0 Å². The van der Waals surface area contributed by atoms with Crippen LogP contribution in [0.4, 0.5) is 5.82 Å². The van der Waals surface area contributed by atoms with E-state index in [9.17, 15) is 10.1 Å². The van der Waals surface area contributed by atoms with Crippen LogP contribution in [-0.4, -0.2) is 9.91 Å². The zero-order chi connectivity index (χ0) is 14.8. The van der Waals surface area contributed by atoms with E-state index in [-0.39, 0.29) is 5.82 Å². The van der Waals surface area contributed by atoms with E-state index in [1.165, 1.54) is 6.07 Å². The van der Waals surface area contributed by atoms with Gasteiger partial charge >= 0.3 is 5.82 Å². The predicted molar refractivity (Wildman–Crippen MR) is 83.0 cm³/mol. The van der Waals surface area contributed by atoms with Crippen molar-refractivity contribution in [3.05, 3.63) is 88.5 Å². The van der Waals surface area contributed by atoms with E-state index in [0.717, 1.165) is 22.1 Å². The molecule has 0 unspecified atom stereocenters. The fourth-order valence-electron chi connectivity index (χ4n) is 2.30. The fraction of sp³-hybridized carbons (Fsp3) is 0. The summed E-state index contributed by atoms with van der Waals surface area (Å²) in [5, 5.41) is 11.9. The van der Waals surface area contributed by atoms with Crippen LogP contribution in [0.25, 0.3) is 16.5 Å². The topological polar surface area (TPSA) is 56.0 Å². The molecule has 1 aromatic heterocycles. The minimum Gasteiger partial charge on any atom is -0.358 e. The van der Waals surface area contributed by atoms with Gasteiger partial charge in [-0.25, -0.2) is 0 Å². The first kappa shape index (κ1) is 13.0. The van der Waals surface area contributed by atoms with Crippen molar-refractivity contribution >= 4 is 22.3 Å². The Hall–Kier alpha value is -3.01. The van der Waals surface area contributed by atoms with Crippen LogP contribution in [-0.2, 0) is 0 Å². The van der Waals surface area contributed by atoms with E-state index < -0.39 is 4.92 Å². The monoisotopic (exact) mass is 276 g/mol. The molecule has 3 aromatic rings. The number of pyridine rings is 1. The number of nitro groups is 1. The number of nitrogens with zero attached hydrogens (tertiary/aromatic N) is 2. The number of hydrogen-bond donors (Lipinski definition) is 0. The van der Waals surface area contributed by atoms with Crippen LogP contribution < -0.4 is 0 Å². The standard InChI is InChI=1S/C17H12N2O2/c1-12(13-7-3-2-4-8-13)15-11-17(19(20)21)18-16-10-6-5-9-14(15)16/h2-11H,1H2. The van der Waals surface area contributed by atoms with Crippen molar-refractivity contribution in [2.45, 2.75) is 0 Å². The van der Waals surface area contributed by atoms with Crippen molar-refractivity contribution in [3.8, 4) is 0 Å². The Labute approximate surface area is 121 Å². The second-order valence-electron chi connectivity index (χ2n) is 4.65. The lowest BCUT2D eigenvalue weighted by Crippen LogP contribution is -1.96. The first-order chi connectivity index (χ1) is 10.2. The molecule has 0 amide bonds. The molecule has 102 valence electrons. The predicted octanol–water partition coefficient (Wildman–Crippen LogP) is 4.20. The Balaban J connectivity index is 2.25. The highest BCUT2D eigenvalue weighted by Crippen LogP contribution is 2.30. The van der Waals surface area contributed by atoms with Crippen LogP contribution in [0.15, 0.2) is 67.2 Å². The summed E-state index contributed by atoms with van der Waals surface area (Å²) in [6.07, 6.45) is 0. The van der Waals surface area contributed by atoms with Crippen LogP contribution in [0.3, 0.4) is 0 Å². The van der Waals surface area contributed by atoms with E-state index in [0.29, 0.717) is 5.52 Å². The van der Waals surface area contributed by atoms with Gasteiger partial charge < -0.3 is 10.1 Å². The Morgan fingerprint density at radius 1 is 1.05 bits per heavy atom. The average molecular weight is 276 g/mol. The highest BCUT2D eigenvalue weighted by molar-refractivity contribution is 5.96. The molecule has 0 aliphatic rings. The molecule has 0 aliphatic carbocycles. The number of benzene rings is 2. The quantitative estimate of drug-likeness (QED) is 0.532. The maximum Gasteiger partial charge on any atom is 0.364 e. The SMILES string of the molecule is C=C(c1ccccc1)c1cc([N+](=O)[O-])nc2ccccc12. The molecule has 2 aromatic carbocycles. The lowest BCUT2D eigenvalue weighted by atomic mass is 9.96. The van der Waals surface area contributed by atoms with Gasteiger partial charge in [0.05, 0.1) is 0 Å². The molecule has 0 saturated heterocycles. The smallest absolute Gasteiger partial charge is 0.358 e. The number of aromatic nitrogens is 1. The number of para-hydroxylation sites is 1. The lowest BCUT2D eigenvalue weighted by Gasteiger charge is -2.08. The Morgan fingerprint density at radius 2 is 1.71 bits per heavy atom. The largest absolute Gasteiger partial charge is 0.364 e. The number of rotatable bonds is 3. The summed E-state index contributed by atoms with van der Waals surface area (Å²) < 4.78 is 0. The van der Waals surface area contributed by atoms with Gasteiger partial charge in [0, 0.05) is 17.0 Å². The van der Waals surface area contributed by atoms with Gasteiger partial charge in [-0.1, -0.05) is 49.0 Å². The van der Waals surface area contributed by atoms with E-state index in [1.54, 1.807) is 6.07 Å². The van der Waals surface area contributed by atoms with Crippen molar-refractivity contribution in [2.75, 3.05) is 0 Å². The van der Waals surface area contributed by atoms with Gasteiger partial charge in [0.1, 0.15) is 0 Å². The summed E-state index contributed by atoms with van der Waals surface area (Å²) in [4.78, 5) is 14.7. The van der Waals surface area contributed by atoms with Gasteiger partial charge in [0.2, 0.25) is 0 Å². The van der Waals surface area contributed by atoms with Gasteiger partial charge in [-0.3, -0.25) is 0 Å². The zero-order valence-corrected chi connectivity index (χ0v) is 11.2. The van der Waals surface area contributed by atoms with Crippen LogP contribution in [0.5, 0.6) is 0 Å². The van der Waals surface area contributed by atoms with Crippen molar-refractivity contribution in [2.24, 2.45) is 0 Å². The second-order valence-corrected chi connectivity index (χ2v) is 4.65. The number of fused-ring (bicyclic) bond motifs is 1. The van der Waals surface area contributed by atoms with Crippen LogP contribution in [0, 0.1) is 10.1 Å². The second kappa shape index (κ2) is 5.17. The van der Waals surface area contributed by atoms with Gasteiger partial charge in [-0.05, 0) is 33.2 Å². The van der Waals surface area contributed by atoms with Gasteiger partial charge in [0.25, 0.3) is 0 Å². The van der Waals surface area contributed by atoms with Crippen LogP contribution in [0.1, 0.15) is 11.1 Å². The van der Waals surface area contributed by atoms with Crippen LogP contribution >= 0.6 is 0 Å². The van der Waals surface area contributed by atoms with E-state index in [1.807, 2.05) is 48.5 Å². The Kier molecular flexibility index (Phi) is 3.20. The maximum absolute atomic E-state index is 11.1. The van der Waals surface area contributed by atoms with Crippen LogP contribution in [0.2, 0.25) is 0 Å². The molecule has 0 radical (unpaired) electrons. The zero-order valence-electron chi connectivity index (χ0n) is 11.2. The molecule has 0 atom stereocenters. The molecule has 3 rings (SSSR count). The fourth-order valence-corrected chi connectivity index (χ4v) is 2.30. The molecular formula is C17H12N2O2. The van der Waals surface area contributed by atoms with Gasteiger partial charge in [-0.2, -0.15) is 0 Å². The summed E-state index contributed by atoms with van der Waals surface area (Å²) >= 11 is 0. The summed E-state index contributed by atoms with van der Waals surface area (Å²) in [6.45, 7) is 4.10. The normalized spacial score (nSPS) is 10.5. The molecule has 1 heterocycles. The summed E-state index contributed by atoms with van der Waals surface area (Å²) in [6, 6.07) is 18.5. The highest BCUT2D eigenvalue weighted by Gasteiger charge is 2.16. The van der Waals surface area contributed by atoms with Gasteiger partial charge in [0.15, 0.2) is 5.52 Å². The van der Waals surface area contributed by atoms with Crippen molar-refractivity contribution in [1.29, 1.82) is 0 Å². The minimum atomic E-state index is -0.478. The third kappa shape index (κ3) is 2.39. The number of hydrogen-bond acceptors (Lipinski definition) is 3. The molecule has 0 aliphatic heterocycles. The Morgan fingerprint density at radius 3 is 2.43 bits per heavy atom. The van der Waals surface area contributed by atoms with E-state index in [4.69, 9.17) is 0 Å². The first-order valence-corrected chi connectivity index (χ1v) is 6.45. The summed E-state index contributed by atoms with van der Waals surface area (Å²) in [7, 11) is 0. The third-order valence-electron chi connectivity index (χ3n) is 3.34. The van der Waals surface area contributed by atoms with E-state index in [2.05, 4.69) is 11.6 Å².